The highest BCUT2D eigenvalue weighted by molar-refractivity contribution is 5.54. The van der Waals surface area contributed by atoms with Gasteiger partial charge in [0.25, 0.3) is 0 Å². The molecule has 116 valence electrons. The van der Waals surface area contributed by atoms with E-state index in [1.807, 2.05) is 19.2 Å². The van der Waals surface area contributed by atoms with Crippen LogP contribution >= 0.6 is 0 Å². The first-order valence-electron chi connectivity index (χ1n) is 7.94. The number of rotatable bonds is 6. The van der Waals surface area contributed by atoms with Crippen LogP contribution in [0, 0.1) is 5.92 Å². The molecule has 2 N–H and O–H groups in total. The van der Waals surface area contributed by atoms with Gasteiger partial charge in [-0.3, -0.25) is 0 Å². The van der Waals surface area contributed by atoms with Crippen molar-refractivity contribution >= 4 is 11.5 Å². The molecule has 0 bridgehead atoms. The van der Waals surface area contributed by atoms with Crippen molar-refractivity contribution in [3.63, 3.8) is 0 Å². The lowest BCUT2D eigenvalue weighted by atomic mass is 10.1. The van der Waals surface area contributed by atoms with E-state index in [1.165, 1.54) is 25.7 Å². The summed E-state index contributed by atoms with van der Waals surface area (Å²) >= 11 is 0. The Hall–Kier alpha value is -1.49. The van der Waals surface area contributed by atoms with Gasteiger partial charge in [0.1, 0.15) is 5.82 Å². The van der Waals surface area contributed by atoms with Crippen LogP contribution in [0.5, 0.6) is 5.88 Å². The average molecular weight is 291 g/mol. The Labute approximate surface area is 126 Å². The first-order chi connectivity index (χ1) is 10.2. The maximum atomic E-state index is 5.95. The first kappa shape index (κ1) is 14.4. The van der Waals surface area contributed by atoms with E-state index in [0.717, 1.165) is 32.0 Å². The largest absolute Gasteiger partial charge is 0.476 e. The number of nitrogen functional groups attached to an aromatic ring is 1. The molecule has 5 nitrogen and oxygen atoms in total. The molecule has 1 unspecified atom stereocenters. The normalized spacial score (nSPS) is 22.0. The second kappa shape index (κ2) is 6.52. The minimum Gasteiger partial charge on any atom is -0.476 e. The number of anilines is 2. The zero-order valence-electron chi connectivity index (χ0n) is 12.8. The molecule has 1 saturated heterocycles. The summed E-state index contributed by atoms with van der Waals surface area (Å²) in [6, 6.07) is 3.82. The molecule has 21 heavy (non-hydrogen) atoms. The quantitative estimate of drug-likeness (QED) is 0.872. The fourth-order valence-corrected chi connectivity index (χ4v) is 2.60. The molecule has 1 aromatic rings. The summed E-state index contributed by atoms with van der Waals surface area (Å²) in [6.07, 6.45) is 6.39. The molecule has 1 saturated carbocycles. The third-order valence-corrected chi connectivity index (χ3v) is 4.17. The summed E-state index contributed by atoms with van der Waals surface area (Å²) in [7, 11) is 2.04. The predicted molar refractivity (Wildman–Crippen MR) is 83.7 cm³/mol. The number of nitrogens with two attached hydrogens (primary N) is 1. The lowest BCUT2D eigenvalue weighted by Gasteiger charge is -2.28. The minimum atomic E-state index is 0.305. The Kier molecular flexibility index (Phi) is 4.48. The third-order valence-electron chi connectivity index (χ3n) is 4.17. The summed E-state index contributed by atoms with van der Waals surface area (Å²) in [5.41, 5.74) is 6.56. The number of ether oxygens (including phenoxy) is 2. The van der Waals surface area contributed by atoms with Gasteiger partial charge in [-0.15, -0.1) is 0 Å². The van der Waals surface area contributed by atoms with Crippen LogP contribution in [0.4, 0.5) is 11.5 Å². The van der Waals surface area contributed by atoms with Crippen molar-refractivity contribution in [3.05, 3.63) is 12.1 Å². The summed E-state index contributed by atoms with van der Waals surface area (Å²) in [5, 5.41) is 0. The molecule has 2 fully saturated rings. The highest BCUT2D eigenvalue weighted by atomic mass is 16.5. The lowest BCUT2D eigenvalue weighted by molar-refractivity contribution is 0.0215. The molecule has 0 spiro atoms. The summed E-state index contributed by atoms with van der Waals surface area (Å²) in [6.45, 7) is 2.47. The van der Waals surface area contributed by atoms with Gasteiger partial charge < -0.3 is 20.1 Å². The molecule has 5 heteroatoms. The Morgan fingerprint density at radius 3 is 2.90 bits per heavy atom. The van der Waals surface area contributed by atoms with Crippen molar-refractivity contribution in [2.24, 2.45) is 5.92 Å². The van der Waals surface area contributed by atoms with E-state index in [9.17, 15) is 0 Å². The van der Waals surface area contributed by atoms with E-state index in [0.29, 0.717) is 23.6 Å². The average Bonchev–Trinajstić information content (AvgIpc) is 3.31. The molecule has 0 amide bonds. The van der Waals surface area contributed by atoms with Gasteiger partial charge in [0.05, 0.1) is 18.4 Å². The molecule has 2 heterocycles. The number of hydrogen-bond acceptors (Lipinski definition) is 5. The number of nitrogens with zero attached hydrogens (tertiary/aromatic N) is 2. The van der Waals surface area contributed by atoms with Gasteiger partial charge in [-0.05, 0) is 50.2 Å². The zero-order valence-corrected chi connectivity index (χ0v) is 12.8. The highest BCUT2D eigenvalue weighted by Crippen LogP contribution is 2.31. The Morgan fingerprint density at radius 1 is 1.33 bits per heavy atom. The number of pyridine rings is 1. The third kappa shape index (κ3) is 4.00. The minimum absolute atomic E-state index is 0.305. The van der Waals surface area contributed by atoms with Crippen molar-refractivity contribution in [1.29, 1.82) is 0 Å². The maximum Gasteiger partial charge on any atom is 0.239 e. The molecule has 0 aromatic carbocycles. The van der Waals surface area contributed by atoms with Crippen LogP contribution in [0.25, 0.3) is 0 Å². The van der Waals surface area contributed by atoms with Crippen molar-refractivity contribution in [2.45, 2.75) is 38.2 Å². The Balaban J connectivity index is 1.61. The Bertz CT molecular complexity index is 471. The van der Waals surface area contributed by atoms with E-state index in [2.05, 4.69) is 9.88 Å². The van der Waals surface area contributed by atoms with Gasteiger partial charge in [0.15, 0.2) is 0 Å². The molecule has 1 aliphatic carbocycles. The monoisotopic (exact) mass is 291 g/mol. The summed E-state index contributed by atoms with van der Waals surface area (Å²) in [5.74, 6) is 2.16. The summed E-state index contributed by atoms with van der Waals surface area (Å²) < 4.78 is 11.5. The van der Waals surface area contributed by atoms with Crippen molar-refractivity contribution in [3.8, 4) is 5.88 Å². The van der Waals surface area contributed by atoms with Gasteiger partial charge in [-0.1, -0.05) is 0 Å². The molecule has 2 aliphatic rings. The van der Waals surface area contributed by atoms with Crippen LogP contribution < -0.4 is 15.4 Å². The van der Waals surface area contributed by atoms with Crippen LogP contribution in [0.15, 0.2) is 12.1 Å². The molecule has 3 rings (SSSR count). The SMILES string of the molecule is CN(CC1CCCCO1)c1ccc(N)c(OCC2CC2)n1. The molecule has 1 atom stereocenters. The van der Waals surface area contributed by atoms with Crippen LogP contribution in [0.3, 0.4) is 0 Å². The number of likely N-dealkylation sites (N-methyl/N-ethyl adjacent to an activating group) is 1. The molecular formula is C16H25N3O2. The van der Waals surface area contributed by atoms with Gasteiger partial charge in [-0.2, -0.15) is 4.98 Å². The van der Waals surface area contributed by atoms with Gasteiger partial charge in [-0.25, -0.2) is 0 Å². The highest BCUT2D eigenvalue weighted by Gasteiger charge is 2.23. The summed E-state index contributed by atoms with van der Waals surface area (Å²) in [4.78, 5) is 6.69. The van der Waals surface area contributed by atoms with E-state index < -0.39 is 0 Å². The second-order valence-corrected chi connectivity index (χ2v) is 6.19. The van der Waals surface area contributed by atoms with E-state index >= 15 is 0 Å². The zero-order chi connectivity index (χ0) is 14.7. The van der Waals surface area contributed by atoms with E-state index in [1.54, 1.807) is 0 Å². The topological polar surface area (TPSA) is 60.6 Å². The number of hydrogen-bond donors (Lipinski definition) is 1. The van der Waals surface area contributed by atoms with Crippen LogP contribution in [-0.2, 0) is 4.74 Å². The second-order valence-electron chi connectivity index (χ2n) is 6.19. The maximum absolute atomic E-state index is 5.95. The molecule has 1 aromatic heterocycles. The molecule has 1 aliphatic heterocycles. The number of aromatic nitrogens is 1. The first-order valence-corrected chi connectivity index (χ1v) is 7.94. The lowest BCUT2D eigenvalue weighted by Crippen LogP contribution is -2.33. The fraction of sp³-hybridized carbons (Fsp3) is 0.688. The van der Waals surface area contributed by atoms with Gasteiger partial charge >= 0.3 is 0 Å². The molecule has 0 radical (unpaired) electrons. The fourth-order valence-electron chi connectivity index (χ4n) is 2.60. The van der Waals surface area contributed by atoms with Crippen molar-refractivity contribution in [1.82, 2.24) is 4.98 Å². The predicted octanol–water partition coefficient (Wildman–Crippen LogP) is 2.46. The van der Waals surface area contributed by atoms with Crippen molar-refractivity contribution < 1.29 is 9.47 Å². The Morgan fingerprint density at radius 2 is 2.19 bits per heavy atom. The van der Waals surface area contributed by atoms with Crippen molar-refractivity contribution in [2.75, 3.05) is 37.4 Å². The standard InChI is InChI=1S/C16H25N3O2/c1-19(10-13-4-2-3-9-20-13)15-8-7-14(17)16(18-15)21-11-12-5-6-12/h7-8,12-13H,2-6,9-11,17H2,1H3. The molecular weight excluding hydrogens is 266 g/mol. The van der Waals surface area contributed by atoms with Crippen LogP contribution in [-0.4, -0.2) is 37.9 Å². The van der Waals surface area contributed by atoms with Crippen LogP contribution in [0.1, 0.15) is 32.1 Å². The smallest absolute Gasteiger partial charge is 0.239 e. The van der Waals surface area contributed by atoms with E-state index in [4.69, 9.17) is 15.2 Å². The van der Waals surface area contributed by atoms with E-state index in [-0.39, 0.29) is 0 Å². The van der Waals surface area contributed by atoms with Gasteiger partial charge in [0, 0.05) is 20.2 Å². The van der Waals surface area contributed by atoms with Gasteiger partial charge in [0.2, 0.25) is 5.88 Å². The van der Waals surface area contributed by atoms with Crippen LogP contribution in [0.2, 0.25) is 0 Å².